The fourth-order valence-corrected chi connectivity index (χ4v) is 10.2. The zero-order chi connectivity index (χ0) is 38.7. The number of carbonyl (C=O) groups is 1. The van der Waals surface area contributed by atoms with E-state index < -0.39 is 0 Å². The quantitative estimate of drug-likeness (QED) is 0.166. The third-order valence-electron chi connectivity index (χ3n) is 14.0. The number of ketones is 1. The first-order valence-corrected chi connectivity index (χ1v) is 20.2. The van der Waals surface area contributed by atoms with Crippen LogP contribution in [0, 0.1) is 27.7 Å². The summed E-state index contributed by atoms with van der Waals surface area (Å²) in [5.74, 6) is 0.121. The van der Waals surface area contributed by atoms with E-state index in [4.69, 9.17) is 0 Å². The molecule has 0 saturated heterocycles. The van der Waals surface area contributed by atoms with Gasteiger partial charge < -0.3 is 0 Å². The Bertz CT molecular complexity index is 2370. The van der Waals surface area contributed by atoms with Crippen LogP contribution in [0.4, 0.5) is 0 Å². The first-order chi connectivity index (χ1) is 25.3. The van der Waals surface area contributed by atoms with Crippen molar-refractivity contribution in [3.63, 3.8) is 0 Å². The molecule has 0 unspecified atom stereocenters. The normalized spacial score (nSPS) is 18.0. The summed E-state index contributed by atoms with van der Waals surface area (Å²) in [4.78, 5) is 14.7. The predicted molar refractivity (Wildman–Crippen MR) is 232 cm³/mol. The summed E-state index contributed by atoms with van der Waals surface area (Å²) in [6, 6.07) is 32.3. The molecule has 0 fully saturated rings. The van der Waals surface area contributed by atoms with Crippen LogP contribution in [0.15, 0.2) is 84.9 Å². The van der Waals surface area contributed by atoms with Gasteiger partial charge in [0, 0.05) is 11.1 Å². The standard InChI is InChI=1S/C53H58O/c1-31-25-39-27-35(37-15-19-43-45(29-37)52(9,10)23-21-50(43,5)6)13-17-41(39)33(3)47(31)49(54)48-32(2)26-40-28-36(14-18-42(40)34(48)4)38-16-20-44-46(30-38)53(11,12)24-22-51(44,7)8/h13-20,25-30H,21-24H2,1-12H3. The SMILES string of the molecule is Cc1cc2cc(-c3ccc4c(c3)C(C)(C)CCC4(C)C)ccc2c(C)c1C(=O)c1c(C)cc2cc(-c3ccc4c(c3)C(C)(C)CCC4(C)C)ccc2c1C. The van der Waals surface area contributed by atoms with Crippen molar-refractivity contribution >= 4 is 27.3 Å². The Morgan fingerprint density at radius 1 is 0.407 bits per heavy atom. The molecule has 1 heteroatoms. The monoisotopic (exact) mass is 710 g/mol. The molecule has 0 amide bonds. The Kier molecular flexibility index (Phi) is 8.28. The minimum Gasteiger partial charge on any atom is -0.289 e. The van der Waals surface area contributed by atoms with Crippen LogP contribution in [0.2, 0.25) is 0 Å². The molecule has 2 aliphatic carbocycles. The van der Waals surface area contributed by atoms with E-state index in [1.54, 1.807) is 0 Å². The lowest BCUT2D eigenvalue weighted by Crippen LogP contribution is -2.33. The van der Waals surface area contributed by atoms with Gasteiger partial charge in [-0.2, -0.15) is 0 Å². The first-order valence-electron chi connectivity index (χ1n) is 20.2. The zero-order valence-electron chi connectivity index (χ0n) is 34.8. The van der Waals surface area contributed by atoms with Crippen LogP contribution in [0.25, 0.3) is 43.8 Å². The maximum atomic E-state index is 14.7. The van der Waals surface area contributed by atoms with Gasteiger partial charge >= 0.3 is 0 Å². The van der Waals surface area contributed by atoms with Crippen LogP contribution >= 0.6 is 0 Å². The van der Waals surface area contributed by atoms with Crippen molar-refractivity contribution in [3.05, 3.63) is 141 Å². The van der Waals surface area contributed by atoms with E-state index in [1.807, 2.05) is 0 Å². The van der Waals surface area contributed by atoms with Crippen molar-refractivity contribution in [2.24, 2.45) is 0 Å². The number of fused-ring (bicyclic) bond motifs is 4. The minimum atomic E-state index is 0.121. The summed E-state index contributed by atoms with van der Waals surface area (Å²) >= 11 is 0. The molecule has 0 N–H and O–H groups in total. The third kappa shape index (κ3) is 5.77. The largest absolute Gasteiger partial charge is 0.289 e. The van der Waals surface area contributed by atoms with Gasteiger partial charge in [-0.15, -0.1) is 0 Å². The zero-order valence-corrected chi connectivity index (χ0v) is 34.8. The van der Waals surface area contributed by atoms with Gasteiger partial charge in [0.25, 0.3) is 0 Å². The molecule has 276 valence electrons. The Morgan fingerprint density at radius 3 is 1.09 bits per heavy atom. The molecule has 2 aliphatic rings. The topological polar surface area (TPSA) is 17.1 Å². The predicted octanol–water partition coefficient (Wildman–Crippen LogP) is 14.5. The van der Waals surface area contributed by atoms with E-state index in [-0.39, 0.29) is 27.4 Å². The van der Waals surface area contributed by atoms with E-state index in [0.717, 1.165) is 44.2 Å². The van der Waals surface area contributed by atoms with Gasteiger partial charge in [0.05, 0.1) is 0 Å². The molecule has 0 saturated carbocycles. The van der Waals surface area contributed by atoms with Gasteiger partial charge in [-0.3, -0.25) is 4.79 Å². The molecule has 0 aromatic heterocycles. The van der Waals surface area contributed by atoms with E-state index in [2.05, 4.69) is 168 Å². The third-order valence-corrected chi connectivity index (χ3v) is 14.0. The van der Waals surface area contributed by atoms with Crippen LogP contribution in [-0.4, -0.2) is 5.78 Å². The molecular weight excluding hydrogens is 653 g/mol. The van der Waals surface area contributed by atoms with Crippen LogP contribution in [0.1, 0.15) is 142 Å². The highest BCUT2D eigenvalue weighted by molar-refractivity contribution is 6.16. The van der Waals surface area contributed by atoms with Gasteiger partial charge in [-0.1, -0.05) is 128 Å². The van der Waals surface area contributed by atoms with Crippen molar-refractivity contribution in [3.8, 4) is 22.3 Å². The fourth-order valence-electron chi connectivity index (χ4n) is 10.2. The van der Waals surface area contributed by atoms with Crippen LogP contribution in [0.3, 0.4) is 0 Å². The summed E-state index contributed by atoms with van der Waals surface area (Å²) in [6.07, 6.45) is 4.84. The maximum absolute atomic E-state index is 14.7. The lowest BCUT2D eigenvalue weighted by atomic mass is 9.63. The number of carbonyl (C=O) groups excluding carboxylic acids is 1. The lowest BCUT2D eigenvalue weighted by molar-refractivity contribution is 0.103. The highest BCUT2D eigenvalue weighted by atomic mass is 16.1. The number of rotatable bonds is 4. The molecule has 1 nitrogen and oxygen atoms in total. The molecule has 0 atom stereocenters. The second-order valence-electron chi connectivity index (χ2n) is 19.6. The summed E-state index contributed by atoms with van der Waals surface area (Å²) < 4.78 is 0. The average molecular weight is 711 g/mol. The van der Waals surface area contributed by atoms with Crippen molar-refractivity contribution in [1.82, 2.24) is 0 Å². The molecule has 6 aromatic rings. The molecule has 0 heterocycles. The Morgan fingerprint density at radius 2 is 0.722 bits per heavy atom. The molecule has 0 bridgehead atoms. The molecule has 0 radical (unpaired) electrons. The molecule has 6 aromatic carbocycles. The van der Waals surface area contributed by atoms with Crippen LogP contribution < -0.4 is 0 Å². The van der Waals surface area contributed by atoms with Gasteiger partial charge in [0.15, 0.2) is 5.78 Å². The highest BCUT2D eigenvalue weighted by Crippen LogP contribution is 2.48. The Labute approximate surface area is 324 Å². The van der Waals surface area contributed by atoms with Gasteiger partial charge in [0.1, 0.15) is 0 Å². The highest BCUT2D eigenvalue weighted by Gasteiger charge is 2.38. The van der Waals surface area contributed by atoms with E-state index in [1.165, 1.54) is 81.0 Å². The average Bonchev–Trinajstić information content (AvgIpc) is 3.11. The van der Waals surface area contributed by atoms with Crippen molar-refractivity contribution in [1.29, 1.82) is 0 Å². The van der Waals surface area contributed by atoms with Crippen molar-refractivity contribution < 1.29 is 4.79 Å². The Balaban J connectivity index is 1.15. The van der Waals surface area contributed by atoms with Gasteiger partial charge in [-0.05, 0) is 175 Å². The number of hydrogen-bond acceptors (Lipinski definition) is 1. The van der Waals surface area contributed by atoms with Crippen molar-refractivity contribution in [2.45, 2.75) is 130 Å². The fraction of sp³-hybridized carbons (Fsp3) is 0.377. The summed E-state index contributed by atoms with van der Waals surface area (Å²) in [6.45, 7) is 27.6. The lowest BCUT2D eigenvalue weighted by Gasteiger charge is -2.42. The van der Waals surface area contributed by atoms with E-state index in [0.29, 0.717) is 0 Å². The number of benzene rings is 6. The van der Waals surface area contributed by atoms with Crippen LogP contribution in [0.5, 0.6) is 0 Å². The molecule has 8 rings (SSSR count). The van der Waals surface area contributed by atoms with Crippen LogP contribution in [-0.2, 0) is 21.7 Å². The Hall–Kier alpha value is -4.49. The molecule has 0 aliphatic heterocycles. The first kappa shape index (κ1) is 36.5. The van der Waals surface area contributed by atoms with E-state index in [9.17, 15) is 4.79 Å². The maximum Gasteiger partial charge on any atom is 0.194 e. The second-order valence-corrected chi connectivity index (χ2v) is 19.6. The molecular formula is C53H58O. The second kappa shape index (κ2) is 12.3. The smallest absolute Gasteiger partial charge is 0.194 e. The molecule has 54 heavy (non-hydrogen) atoms. The van der Waals surface area contributed by atoms with E-state index >= 15 is 0 Å². The summed E-state index contributed by atoms with van der Waals surface area (Å²) in [5.41, 5.74) is 17.5. The van der Waals surface area contributed by atoms with Crippen molar-refractivity contribution in [2.75, 3.05) is 0 Å². The van der Waals surface area contributed by atoms with Gasteiger partial charge in [-0.25, -0.2) is 0 Å². The number of aryl methyl sites for hydroxylation is 4. The van der Waals surface area contributed by atoms with Gasteiger partial charge in [0.2, 0.25) is 0 Å². The number of hydrogen-bond donors (Lipinski definition) is 0. The minimum absolute atomic E-state index is 0.121. The summed E-state index contributed by atoms with van der Waals surface area (Å²) in [7, 11) is 0. The molecule has 0 spiro atoms. The summed E-state index contributed by atoms with van der Waals surface area (Å²) in [5, 5.41) is 4.66.